The fourth-order valence-corrected chi connectivity index (χ4v) is 2.97. The predicted molar refractivity (Wildman–Crippen MR) is 114 cm³/mol. The number of fused-ring (bicyclic) bond motifs is 1. The molecule has 0 fully saturated rings. The minimum Gasteiger partial charge on any atom is -0.354 e. The van der Waals surface area contributed by atoms with Crippen LogP contribution in [0.15, 0.2) is 66.9 Å². The molecular weight excluding hydrogens is 348 g/mol. The van der Waals surface area contributed by atoms with E-state index in [1.54, 1.807) is 0 Å². The zero-order valence-corrected chi connectivity index (χ0v) is 16.1. The highest BCUT2D eigenvalue weighted by molar-refractivity contribution is 5.90. The highest BCUT2D eigenvalue weighted by Gasteiger charge is 2.14. The Balaban J connectivity index is 1.76. The first kappa shape index (κ1) is 18.0. The third kappa shape index (κ3) is 3.96. The van der Waals surface area contributed by atoms with Gasteiger partial charge in [0.2, 0.25) is 5.95 Å². The molecule has 6 nitrogen and oxygen atoms in total. The molecular formula is C22H24N6. The van der Waals surface area contributed by atoms with Gasteiger partial charge in [-0.15, -0.1) is 0 Å². The monoisotopic (exact) mass is 372 g/mol. The predicted octanol–water partition coefficient (Wildman–Crippen LogP) is 5.02. The molecule has 0 bridgehead atoms. The highest BCUT2D eigenvalue weighted by atomic mass is 15.3. The second-order valence-corrected chi connectivity index (χ2v) is 7.13. The van der Waals surface area contributed by atoms with Gasteiger partial charge in [0.05, 0.1) is 17.3 Å². The molecule has 0 unspecified atom stereocenters. The fourth-order valence-electron chi connectivity index (χ4n) is 2.97. The number of hydrogen-bond acceptors (Lipinski definition) is 5. The van der Waals surface area contributed by atoms with Crippen molar-refractivity contribution in [2.24, 2.45) is 5.92 Å². The van der Waals surface area contributed by atoms with Crippen LogP contribution in [0, 0.1) is 5.92 Å². The third-order valence-electron chi connectivity index (χ3n) is 4.47. The van der Waals surface area contributed by atoms with Crippen molar-refractivity contribution in [3.05, 3.63) is 66.9 Å². The van der Waals surface area contributed by atoms with Crippen LogP contribution in [0.5, 0.6) is 0 Å². The summed E-state index contributed by atoms with van der Waals surface area (Å²) in [4.78, 5) is 9.46. The zero-order valence-electron chi connectivity index (χ0n) is 16.1. The van der Waals surface area contributed by atoms with E-state index in [-0.39, 0.29) is 0 Å². The molecule has 28 heavy (non-hydrogen) atoms. The zero-order chi connectivity index (χ0) is 19.3. The molecule has 0 aliphatic carbocycles. The second kappa shape index (κ2) is 8.08. The van der Waals surface area contributed by atoms with E-state index in [0.29, 0.717) is 11.9 Å². The van der Waals surface area contributed by atoms with Crippen LogP contribution in [0.1, 0.15) is 20.3 Å². The van der Waals surface area contributed by atoms with Gasteiger partial charge in [0.15, 0.2) is 5.65 Å². The van der Waals surface area contributed by atoms with Gasteiger partial charge in [0, 0.05) is 12.2 Å². The van der Waals surface area contributed by atoms with Gasteiger partial charge in [0.1, 0.15) is 5.82 Å². The quantitative estimate of drug-likeness (QED) is 0.477. The molecule has 4 rings (SSSR count). The maximum Gasteiger partial charge on any atom is 0.226 e. The average Bonchev–Trinajstić information content (AvgIpc) is 3.13. The maximum absolute atomic E-state index is 4.75. The molecule has 0 saturated heterocycles. The van der Waals surface area contributed by atoms with Gasteiger partial charge in [-0.1, -0.05) is 50.2 Å². The van der Waals surface area contributed by atoms with Crippen LogP contribution in [0.2, 0.25) is 0 Å². The number of benzene rings is 2. The van der Waals surface area contributed by atoms with Crippen molar-refractivity contribution in [2.75, 3.05) is 17.2 Å². The van der Waals surface area contributed by atoms with E-state index in [1.807, 2.05) is 71.5 Å². The van der Waals surface area contributed by atoms with Crippen LogP contribution in [-0.2, 0) is 0 Å². The molecule has 2 N–H and O–H groups in total. The molecule has 0 atom stereocenters. The van der Waals surface area contributed by atoms with Crippen LogP contribution < -0.4 is 10.6 Å². The average molecular weight is 372 g/mol. The van der Waals surface area contributed by atoms with Crippen molar-refractivity contribution in [3.63, 3.8) is 0 Å². The largest absolute Gasteiger partial charge is 0.354 e. The molecule has 2 aromatic heterocycles. The Hall–Kier alpha value is -3.41. The van der Waals surface area contributed by atoms with Crippen molar-refractivity contribution in [3.8, 4) is 5.69 Å². The number of anilines is 3. The minimum absolute atomic E-state index is 0.601. The molecule has 0 amide bonds. The van der Waals surface area contributed by atoms with Crippen LogP contribution in [-0.4, -0.2) is 26.3 Å². The van der Waals surface area contributed by atoms with E-state index in [1.165, 1.54) is 0 Å². The Labute approximate surface area is 164 Å². The van der Waals surface area contributed by atoms with Gasteiger partial charge in [-0.2, -0.15) is 15.1 Å². The van der Waals surface area contributed by atoms with E-state index in [4.69, 9.17) is 9.97 Å². The summed E-state index contributed by atoms with van der Waals surface area (Å²) in [6.45, 7) is 5.24. The van der Waals surface area contributed by atoms with Gasteiger partial charge >= 0.3 is 0 Å². The molecule has 0 spiro atoms. The number of nitrogens with one attached hydrogen (secondary N) is 2. The fraction of sp³-hybridized carbons (Fsp3) is 0.227. The number of rotatable bonds is 7. The Kier molecular flexibility index (Phi) is 5.19. The Morgan fingerprint density at radius 2 is 1.64 bits per heavy atom. The normalized spacial score (nSPS) is 11.1. The first-order valence-corrected chi connectivity index (χ1v) is 9.58. The summed E-state index contributed by atoms with van der Waals surface area (Å²) in [6, 6.07) is 20.0. The molecule has 4 aromatic rings. The molecule has 0 aliphatic rings. The van der Waals surface area contributed by atoms with Crippen LogP contribution in [0.3, 0.4) is 0 Å². The van der Waals surface area contributed by atoms with E-state index < -0.39 is 0 Å². The summed E-state index contributed by atoms with van der Waals surface area (Å²) in [7, 11) is 0. The maximum atomic E-state index is 4.75. The Morgan fingerprint density at radius 3 is 2.36 bits per heavy atom. The summed E-state index contributed by atoms with van der Waals surface area (Å²) in [5.41, 5.74) is 2.71. The lowest BCUT2D eigenvalue weighted by atomic mass is 10.1. The van der Waals surface area contributed by atoms with Gasteiger partial charge < -0.3 is 10.6 Å². The summed E-state index contributed by atoms with van der Waals surface area (Å²) in [5, 5.41) is 12.2. The van der Waals surface area contributed by atoms with Gasteiger partial charge in [0.25, 0.3) is 0 Å². The van der Waals surface area contributed by atoms with E-state index in [9.17, 15) is 0 Å². The van der Waals surface area contributed by atoms with Gasteiger partial charge in [-0.05, 0) is 36.6 Å². The van der Waals surface area contributed by atoms with Crippen molar-refractivity contribution in [2.45, 2.75) is 20.3 Å². The molecule has 0 radical (unpaired) electrons. The van der Waals surface area contributed by atoms with Crippen LogP contribution in [0.25, 0.3) is 16.7 Å². The third-order valence-corrected chi connectivity index (χ3v) is 4.47. The van der Waals surface area contributed by atoms with Crippen molar-refractivity contribution >= 4 is 28.5 Å². The number of hydrogen-bond donors (Lipinski definition) is 2. The van der Waals surface area contributed by atoms with E-state index in [2.05, 4.69) is 29.6 Å². The SMILES string of the molecule is CC(C)CCNc1nc(Nc2ccccc2)c2cnn(-c3ccccc3)c2n1. The first-order valence-electron chi connectivity index (χ1n) is 9.58. The smallest absolute Gasteiger partial charge is 0.226 e. The van der Waals surface area contributed by atoms with Crippen molar-refractivity contribution in [1.82, 2.24) is 19.7 Å². The highest BCUT2D eigenvalue weighted by Crippen LogP contribution is 2.26. The summed E-state index contributed by atoms with van der Waals surface area (Å²) in [6.07, 6.45) is 2.87. The summed E-state index contributed by atoms with van der Waals surface area (Å²) in [5.74, 6) is 1.96. The van der Waals surface area contributed by atoms with E-state index in [0.717, 1.165) is 41.2 Å². The Bertz CT molecular complexity index is 1040. The molecule has 0 saturated carbocycles. The first-order chi connectivity index (χ1) is 13.7. The Morgan fingerprint density at radius 1 is 0.929 bits per heavy atom. The second-order valence-electron chi connectivity index (χ2n) is 7.13. The lowest BCUT2D eigenvalue weighted by molar-refractivity contribution is 0.606. The molecule has 6 heteroatoms. The summed E-state index contributed by atoms with van der Waals surface area (Å²) >= 11 is 0. The molecule has 2 heterocycles. The molecule has 0 aliphatic heterocycles. The lowest BCUT2D eigenvalue weighted by Gasteiger charge is -2.11. The van der Waals surface area contributed by atoms with Crippen molar-refractivity contribution in [1.29, 1.82) is 0 Å². The standard InChI is InChI=1S/C22H24N6/c1-16(2)13-14-23-22-26-20(25-17-9-5-3-6-10-17)19-15-24-28(21(19)27-22)18-11-7-4-8-12-18/h3-12,15-16H,13-14H2,1-2H3,(H2,23,25,26,27). The lowest BCUT2D eigenvalue weighted by Crippen LogP contribution is -2.10. The number of nitrogens with zero attached hydrogens (tertiary/aromatic N) is 4. The number of aromatic nitrogens is 4. The summed E-state index contributed by atoms with van der Waals surface area (Å²) < 4.78 is 1.85. The minimum atomic E-state index is 0.601. The van der Waals surface area contributed by atoms with E-state index >= 15 is 0 Å². The molecule has 2 aromatic carbocycles. The van der Waals surface area contributed by atoms with Crippen molar-refractivity contribution < 1.29 is 0 Å². The topological polar surface area (TPSA) is 67.7 Å². The van der Waals surface area contributed by atoms with Crippen LogP contribution >= 0.6 is 0 Å². The number of para-hydroxylation sites is 2. The van der Waals surface area contributed by atoms with Gasteiger partial charge in [-0.3, -0.25) is 0 Å². The van der Waals surface area contributed by atoms with Gasteiger partial charge in [-0.25, -0.2) is 4.68 Å². The molecule has 142 valence electrons. The van der Waals surface area contributed by atoms with Crippen LogP contribution in [0.4, 0.5) is 17.5 Å².